The number of aromatic nitrogens is 4. The lowest BCUT2D eigenvalue weighted by atomic mass is 10.1. The predicted molar refractivity (Wildman–Crippen MR) is 127 cm³/mol. The molecule has 2 aromatic heterocycles. The molecule has 14 heteroatoms. The smallest absolute Gasteiger partial charge is 0.349 e. The summed E-state index contributed by atoms with van der Waals surface area (Å²) < 4.78 is 23.6. The number of hydrogen-bond acceptors (Lipinski definition) is 9. The zero-order valence-electron chi connectivity index (χ0n) is 17.8. The molecule has 0 radical (unpaired) electrons. The van der Waals surface area contributed by atoms with Gasteiger partial charge in [0.1, 0.15) is 0 Å². The van der Waals surface area contributed by atoms with Crippen molar-refractivity contribution < 1.29 is 23.1 Å². The molecule has 0 aliphatic carbocycles. The van der Waals surface area contributed by atoms with Gasteiger partial charge in [0.2, 0.25) is 21.9 Å². The first-order valence-corrected chi connectivity index (χ1v) is 11.4. The van der Waals surface area contributed by atoms with Crippen LogP contribution in [0, 0.1) is 0 Å². The molecule has 0 saturated carbocycles. The lowest BCUT2D eigenvalue weighted by Gasteiger charge is -2.07. The Balaban J connectivity index is 1.45. The van der Waals surface area contributed by atoms with Crippen molar-refractivity contribution in [3.05, 3.63) is 72.6 Å². The van der Waals surface area contributed by atoms with Crippen molar-refractivity contribution >= 4 is 45.3 Å². The van der Waals surface area contributed by atoms with Crippen LogP contribution in [0.4, 0.5) is 28.1 Å². The van der Waals surface area contributed by atoms with E-state index in [4.69, 9.17) is 16.0 Å². The molecule has 2 heterocycles. The third-order valence-electron chi connectivity index (χ3n) is 4.72. The van der Waals surface area contributed by atoms with Gasteiger partial charge >= 0.3 is 12.0 Å². The molecule has 0 aliphatic heterocycles. The van der Waals surface area contributed by atoms with Crippen LogP contribution in [0.1, 0.15) is 10.4 Å². The van der Waals surface area contributed by atoms with Crippen LogP contribution in [0.3, 0.4) is 0 Å². The third kappa shape index (κ3) is 5.40. The van der Waals surface area contributed by atoms with Crippen LogP contribution in [-0.4, -0.2) is 45.3 Å². The summed E-state index contributed by atoms with van der Waals surface area (Å²) in [6, 6.07) is 13.0. The van der Waals surface area contributed by atoms with Gasteiger partial charge in [-0.1, -0.05) is 12.1 Å². The minimum atomic E-state index is -3.82. The monoisotopic (exact) mass is 494 g/mol. The fourth-order valence-electron chi connectivity index (χ4n) is 3.02. The predicted octanol–water partition coefficient (Wildman–Crippen LogP) is 2.09. The molecule has 0 atom stereocenters. The van der Waals surface area contributed by atoms with Gasteiger partial charge in [-0.25, -0.2) is 23.1 Å². The number of amides is 1. The van der Waals surface area contributed by atoms with E-state index in [0.29, 0.717) is 22.5 Å². The Morgan fingerprint density at radius 1 is 0.943 bits per heavy atom. The maximum absolute atomic E-state index is 12.6. The number of nitrogens with one attached hydrogen (secondary N) is 2. The average Bonchev–Trinajstić information content (AvgIpc) is 3.19. The highest BCUT2D eigenvalue weighted by Gasteiger charge is 2.15. The number of nitrogens with two attached hydrogens (primary N) is 2. The lowest BCUT2D eigenvalue weighted by molar-refractivity contribution is 0.0696. The number of pyridine rings is 1. The van der Waals surface area contributed by atoms with Crippen LogP contribution in [0.2, 0.25) is 0 Å². The Hall–Kier alpha value is -4.82. The molecule has 178 valence electrons. The van der Waals surface area contributed by atoms with E-state index in [9.17, 15) is 18.0 Å². The maximum atomic E-state index is 12.6. The number of nitrogen functional groups attached to an aromatic ring is 1. The maximum Gasteiger partial charge on any atom is 0.349 e. The highest BCUT2D eigenvalue weighted by atomic mass is 32.2. The van der Waals surface area contributed by atoms with Gasteiger partial charge in [-0.2, -0.15) is 4.98 Å². The van der Waals surface area contributed by atoms with Crippen LogP contribution < -0.4 is 21.5 Å². The Morgan fingerprint density at radius 2 is 1.60 bits per heavy atom. The number of sulfonamides is 1. The molecule has 0 bridgehead atoms. The van der Waals surface area contributed by atoms with Crippen molar-refractivity contribution in [1.29, 1.82) is 0 Å². The molecule has 0 fully saturated rings. The van der Waals surface area contributed by atoms with Crippen LogP contribution in [0.25, 0.3) is 11.1 Å². The first kappa shape index (κ1) is 23.3. The number of aromatic carboxylic acids is 1. The van der Waals surface area contributed by atoms with E-state index >= 15 is 0 Å². The van der Waals surface area contributed by atoms with Gasteiger partial charge in [0, 0.05) is 29.3 Å². The molecule has 0 saturated heterocycles. The second kappa shape index (κ2) is 9.20. The number of carboxylic acid groups (broad SMARTS) is 1. The quantitative estimate of drug-likeness (QED) is 0.263. The second-order valence-corrected chi connectivity index (χ2v) is 8.74. The van der Waals surface area contributed by atoms with Crippen molar-refractivity contribution in [1.82, 2.24) is 19.7 Å². The fraction of sp³-hybridized carbons (Fsp3) is 0. The standard InChI is InChI=1S/C21H18N8O5S/c22-19-27-20(25-15-5-7-17(8-6-15)35(23,33)34)28-29(19)21(32)26-16-3-1-12(2-4-16)13-9-14(18(30)31)11-24-10-13/h1-11H,(H,26,32)(H,30,31)(H2,23,33,34)(H3,22,25,27,28). The van der Waals surface area contributed by atoms with Gasteiger partial charge in [0.15, 0.2) is 0 Å². The van der Waals surface area contributed by atoms with E-state index in [1.807, 2.05) is 0 Å². The lowest BCUT2D eigenvalue weighted by Crippen LogP contribution is -2.22. The number of primary sulfonamides is 1. The van der Waals surface area contributed by atoms with E-state index in [2.05, 4.69) is 25.7 Å². The number of nitrogens with zero attached hydrogens (tertiary/aromatic N) is 4. The van der Waals surface area contributed by atoms with E-state index in [0.717, 1.165) is 4.68 Å². The van der Waals surface area contributed by atoms with Crippen LogP contribution >= 0.6 is 0 Å². The molecule has 35 heavy (non-hydrogen) atoms. The van der Waals surface area contributed by atoms with Crippen molar-refractivity contribution in [2.24, 2.45) is 5.14 Å². The molecule has 2 aromatic carbocycles. The number of anilines is 4. The number of carbonyl (C=O) groups excluding carboxylic acids is 1. The van der Waals surface area contributed by atoms with Crippen molar-refractivity contribution in [3.63, 3.8) is 0 Å². The summed E-state index contributed by atoms with van der Waals surface area (Å²) in [6.07, 6.45) is 2.79. The first-order valence-electron chi connectivity index (χ1n) is 9.83. The Kier molecular flexibility index (Phi) is 6.14. The number of benzene rings is 2. The molecule has 13 nitrogen and oxygen atoms in total. The summed E-state index contributed by atoms with van der Waals surface area (Å²) in [5.41, 5.74) is 8.07. The van der Waals surface area contributed by atoms with Crippen LogP contribution in [-0.2, 0) is 10.0 Å². The Morgan fingerprint density at radius 3 is 2.23 bits per heavy atom. The topological polar surface area (TPSA) is 208 Å². The van der Waals surface area contributed by atoms with Gasteiger partial charge < -0.3 is 21.5 Å². The highest BCUT2D eigenvalue weighted by Crippen LogP contribution is 2.22. The minimum Gasteiger partial charge on any atom is -0.478 e. The third-order valence-corrected chi connectivity index (χ3v) is 5.65. The Bertz CT molecular complexity index is 1520. The van der Waals surface area contributed by atoms with Gasteiger partial charge in [0.05, 0.1) is 10.5 Å². The number of hydrogen-bond donors (Lipinski definition) is 5. The highest BCUT2D eigenvalue weighted by molar-refractivity contribution is 7.89. The molecule has 1 amide bonds. The number of rotatable bonds is 6. The molecule has 4 aromatic rings. The van der Waals surface area contributed by atoms with Crippen LogP contribution in [0.15, 0.2) is 71.9 Å². The SMILES string of the molecule is Nc1nc(Nc2ccc(S(N)(=O)=O)cc2)nn1C(=O)Nc1ccc(-c2cncc(C(=O)O)c2)cc1. The molecule has 0 spiro atoms. The van der Waals surface area contributed by atoms with Crippen LogP contribution in [0.5, 0.6) is 0 Å². The number of carbonyl (C=O) groups is 2. The van der Waals surface area contributed by atoms with Gasteiger partial charge in [0.25, 0.3) is 0 Å². The van der Waals surface area contributed by atoms with Crippen molar-refractivity contribution in [2.45, 2.75) is 4.90 Å². The zero-order chi connectivity index (χ0) is 25.2. The van der Waals surface area contributed by atoms with E-state index in [-0.39, 0.29) is 22.4 Å². The zero-order valence-corrected chi connectivity index (χ0v) is 18.6. The van der Waals surface area contributed by atoms with Crippen molar-refractivity contribution in [2.75, 3.05) is 16.4 Å². The second-order valence-electron chi connectivity index (χ2n) is 7.17. The van der Waals surface area contributed by atoms with Gasteiger partial charge in [-0.15, -0.1) is 9.78 Å². The summed E-state index contributed by atoms with van der Waals surface area (Å²) in [4.78, 5) is 31.6. The Labute approximate surface area is 198 Å². The van der Waals surface area contributed by atoms with Gasteiger partial charge in [-0.3, -0.25) is 4.98 Å². The normalized spacial score (nSPS) is 11.1. The minimum absolute atomic E-state index is 0.0159. The fourth-order valence-corrected chi connectivity index (χ4v) is 3.54. The van der Waals surface area contributed by atoms with E-state index in [1.165, 1.54) is 42.7 Å². The summed E-state index contributed by atoms with van der Waals surface area (Å²) in [7, 11) is -3.82. The molecule has 0 unspecified atom stereocenters. The number of carboxylic acids is 1. The summed E-state index contributed by atoms with van der Waals surface area (Å²) >= 11 is 0. The molecular formula is C21H18N8O5S. The van der Waals surface area contributed by atoms with Crippen molar-refractivity contribution in [3.8, 4) is 11.1 Å². The average molecular weight is 494 g/mol. The summed E-state index contributed by atoms with van der Waals surface area (Å²) in [5.74, 6) is -1.25. The van der Waals surface area contributed by atoms with Gasteiger partial charge in [-0.05, 0) is 48.0 Å². The van der Waals surface area contributed by atoms with E-state index in [1.54, 1.807) is 24.3 Å². The first-order chi connectivity index (χ1) is 16.6. The largest absolute Gasteiger partial charge is 0.478 e. The molecule has 4 rings (SSSR count). The van der Waals surface area contributed by atoms with E-state index < -0.39 is 22.0 Å². The summed E-state index contributed by atoms with van der Waals surface area (Å²) in [6.45, 7) is 0. The molecular weight excluding hydrogens is 476 g/mol. The summed E-state index contributed by atoms with van der Waals surface area (Å²) in [5, 5.41) is 23.6. The molecule has 7 N–H and O–H groups in total. The molecule has 0 aliphatic rings.